The first-order valence-corrected chi connectivity index (χ1v) is 6.42. The van der Waals surface area contributed by atoms with Gasteiger partial charge in [0.2, 0.25) is 0 Å². The summed E-state index contributed by atoms with van der Waals surface area (Å²) in [5.41, 5.74) is 0. The standard InChI is InChI=1S/C12H22N2O3/c1-10(12(15)16)11-8-14(9-11)3-2-13-4-6-17-7-5-13/h10-11H,2-9H2,1H3,(H,15,16). The molecule has 0 radical (unpaired) electrons. The Balaban J connectivity index is 1.59. The van der Waals surface area contributed by atoms with Crippen LogP contribution in [0, 0.1) is 11.8 Å². The van der Waals surface area contributed by atoms with Crippen molar-refractivity contribution in [2.45, 2.75) is 6.92 Å². The number of ether oxygens (including phenoxy) is 1. The number of nitrogens with zero attached hydrogens (tertiary/aromatic N) is 2. The highest BCUT2D eigenvalue weighted by molar-refractivity contribution is 5.70. The Kier molecular flexibility index (Phi) is 4.36. The van der Waals surface area contributed by atoms with Crippen molar-refractivity contribution in [3.8, 4) is 0 Å². The summed E-state index contributed by atoms with van der Waals surface area (Å²) in [5.74, 6) is -0.519. The highest BCUT2D eigenvalue weighted by Crippen LogP contribution is 2.23. The van der Waals surface area contributed by atoms with E-state index in [0.717, 1.165) is 52.5 Å². The molecule has 2 fully saturated rings. The SMILES string of the molecule is CC(C(=O)O)C1CN(CCN2CCOCC2)C1. The van der Waals surface area contributed by atoms with Gasteiger partial charge in [0.1, 0.15) is 0 Å². The first-order chi connectivity index (χ1) is 8.16. The monoisotopic (exact) mass is 242 g/mol. The largest absolute Gasteiger partial charge is 0.481 e. The van der Waals surface area contributed by atoms with E-state index in [2.05, 4.69) is 9.80 Å². The van der Waals surface area contributed by atoms with E-state index in [9.17, 15) is 4.79 Å². The van der Waals surface area contributed by atoms with Crippen LogP contribution in [-0.4, -0.2) is 73.4 Å². The van der Waals surface area contributed by atoms with Gasteiger partial charge in [-0.05, 0) is 5.92 Å². The molecule has 0 spiro atoms. The van der Waals surface area contributed by atoms with E-state index in [4.69, 9.17) is 9.84 Å². The van der Waals surface area contributed by atoms with E-state index in [1.54, 1.807) is 0 Å². The number of carbonyl (C=O) groups is 1. The predicted octanol–water partition coefficient (Wildman–Crippen LogP) is -0.0289. The molecule has 0 saturated carbocycles. The Labute approximate surface area is 102 Å². The maximum absolute atomic E-state index is 10.8. The molecule has 1 N–H and O–H groups in total. The zero-order valence-electron chi connectivity index (χ0n) is 10.5. The molecule has 1 atom stereocenters. The van der Waals surface area contributed by atoms with Gasteiger partial charge in [-0.1, -0.05) is 6.92 Å². The van der Waals surface area contributed by atoms with Gasteiger partial charge >= 0.3 is 5.97 Å². The van der Waals surface area contributed by atoms with Gasteiger partial charge in [-0.15, -0.1) is 0 Å². The zero-order valence-corrected chi connectivity index (χ0v) is 10.5. The number of rotatable bonds is 5. The minimum Gasteiger partial charge on any atom is -0.481 e. The van der Waals surface area contributed by atoms with E-state index in [-0.39, 0.29) is 5.92 Å². The first kappa shape index (κ1) is 12.8. The minimum absolute atomic E-state index is 0.199. The smallest absolute Gasteiger partial charge is 0.306 e. The summed E-state index contributed by atoms with van der Waals surface area (Å²) >= 11 is 0. The van der Waals surface area contributed by atoms with Gasteiger partial charge in [0.25, 0.3) is 0 Å². The van der Waals surface area contributed by atoms with Crippen molar-refractivity contribution in [1.82, 2.24) is 9.80 Å². The van der Waals surface area contributed by atoms with Crippen LogP contribution >= 0.6 is 0 Å². The van der Waals surface area contributed by atoms with Crippen LogP contribution in [0.4, 0.5) is 0 Å². The molecule has 2 rings (SSSR count). The molecule has 2 saturated heterocycles. The Hall–Kier alpha value is -0.650. The molecule has 5 nitrogen and oxygen atoms in total. The molecule has 2 heterocycles. The minimum atomic E-state index is -0.664. The van der Waals surface area contributed by atoms with Crippen LogP contribution < -0.4 is 0 Å². The number of hydrogen-bond acceptors (Lipinski definition) is 4. The molecule has 0 aromatic heterocycles. The molecule has 1 unspecified atom stereocenters. The molecule has 0 bridgehead atoms. The summed E-state index contributed by atoms with van der Waals surface area (Å²) in [4.78, 5) is 15.6. The molecule has 0 aromatic rings. The summed E-state index contributed by atoms with van der Waals surface area (Å²) in [6, 6.07) is 0. The van der Waals surface area contributed by atoms with Crippen molar-refractivity contribution in [3.63, 3.8) is 0 Å². The number of hydrogen-bond donors (Lipinski definition) is 1. The van der Waals surface area contributed by atoms with Gasteiger partial charge < -0.3 is 14.7 Å². The fourth-order valence-electron chi connectivity index (χ4n) is 2.42. The predicted molar refractivity (Wildman–Crippen MR) is 64.0 cm³/mol. The van der Waals surface area contributed by atoms with Crippen molar-refractivity contribution in [2.75, 3.05) is 52.5 Å². The molecule has 5 heteroatoms. The lowest BCUT2D eigenvalue weighted by Gasteiger charge is -2.42. The topological polar surface area (TPSA) is 53.0 Å². The molecule has 2 aliphatic rings. The highest BCUT2D eigenvalue weighted by Gasteiger charge is 2.34. The highest BCUT2D eigenvalue weighted by atomic mass is 16.5. The zero-order chi connectivity index (χ0) is 12.3. The van der Waals surface area contributed by atoms with E-state index in [1.165, 1.54) is 0 Å². The summed E-state index contributed by atoms with van der Waals surface area (Å²) in [7, 11) is 0. The Bertz CT molecular complexity index is 260. The molecule has 0 amide bonds. The molecular weight excluding hydrogens is 220 g/mol. The summed E-state index contributed by atoms with van der Waals surface area (Å²) in [6.07, 6.45) is 0. The maximum atomic E-state index is 10.8. The number of morpholine rings is 1. The third kappa shape index (κ3) is 3.40. The fraction of sp³-hybridized carbons (Fsp3) is 0.917. The van der Waals surface area contributed by atoms with Gasteiger partial charge in [0, 0.05) is 39.3 Å². The molecule has 0 aromatic carbocycles. The summed E-state index contributed by atoms with van der Waals surface area (Å²) in [6.45, 7) is 9.59. The second-order valence-corrected chi connectivity index (χ2v) is 5.10. The van der Waals surface area contributed by atoms with E-state index in [1.807, 2.05) is 6.92 Å². The van der Waals surface area contributed by atoms with Gasteiger partial charge in [-0.3, -0.25) is 9.69 Å². The average molecular weight is 242 g/mol. The molecule has 17 heavy (non-hydrogen) atoms. The Morgan fingerprint density at radius 2 is 1.88 bits per heavy atom. The van der Waals surface area contributed by atoms with E-state index in [0.29, 0.717) is 5.92 Å². The van der Waals surface area contributed by atoms with Crippen LogP contribution in [0.5, 0.6) is 0 Å². The van der Waals surface area contributed by atoms with Gasteiger partial charge in [-0.25, -0.2) is 0 Å². The van der Waals surface area contributed by atoms with Crippen LogP contribution in [0.25, 0.3) is 0 Å². The fourth-order valence-corrected chi connectivity index (χ4v) is 2.42. The van der Waals surface area contributed by atoms with Crippen LogP contribution in [0.3, 0.4) is 0 Å². The summed E-state index contributed by atoms with van der Waals surface area (Å²) in [5, 5.41) is 8.90. The second-order valence-electron chi connectivity index (χ2n) is 5.10. The number of carboxylic acid groups (broad SMARTS) is 1. The number of likely N-dealkylation sites (tertiary alicyclic amines) is 1. The molecule has 0 aliphatic carbocycles. The van der Waals surface area contributed by atoms with Gasteiger partial charge in [0.15, 0.2) is 0 Å². The lowest BCUT2D eigenvalue weighted by molar-refractivity contribution is -0.145. The van der Waals surface area contributed by atoms with Crippen LogP contribution in [0.1, 0.15) is 6.92 Å². The van der Waals surface area contributed by atoms with Crippen LogP contribution in [0.2, 0.25) is 0 Å². The second kappa shape index (κ2) is 5.80. The van der Waals surface area contributed by atoms with Gasteiger partial charge in [0.05, 0.1) is 19.1 Å². The van der Waals surface area contributed by atoms with Gasteiger partial charge in [-0.2, -0.15) is 0 Å². The van der Waals surface area contributed by atoms with Crippen molar-refractivity contribution in [1.29, 1.82) is 0 Å². The quantitative estimate of drug-likeness (QED) is 0.734. The number of carboxylic acids is 1. The maximum Gasteiger partial charge on any atom is 0.306 e. The third-order valence-electron chi connectivity index (χ3n) is 3.92. The first-order valence-electron chi connectivity index (χ1n) is 6.42. The summed E-state index contributed by atoms with van der Waals surface area (Å²) < 4.78 is 5.30. The van der Waals surface area contributed by atoms with Crippen molar-refractivity contribution in [2.24, 2.45) is 11.8 Å². The molecular formula is C12H22N2O3. The van der Waals surface area contributed by atoms with E-state index >= 15 is 0 Å². The molecule has 98 valence electrons. The third-order valence-corrected chi connectivity index (χ3v) is 3.92. The van der Waals surface area contributed by atoms with Crippen LogP contribution in [0.15, 0.2) is 0 Å². The lowest BCUT2D eigenvalue weighted by atomic mass is 9.87. The van der Waals surface area contributed by atoms with Crippen LogP contribution in [-0.2, 0) is 9.53 Å². The average Bonchev–Trinajstić information content (AvgIpc) is 2.28. The Morgan fingerprint density at radius 1 is 1.29 bits per heavy atom. The van der Waals surface area contributed by atoms with Crippen molar-refractivity contribution >= 4 is 5.97 Å². The van der Waals surface area contributed by atoms with E-state index < -0.39 is 5.97 Å². The van der Waals surface area contributed by atoms with Crippen molar-refractivity contribution in [3.05, 3.63) is 0 Å². The molecule has 2 aliphatic heterocycles. The van der Waals surface area contributed by atoms with Crippen molar-refractivity contribution < 1.29 is 14.6 Å². The lowest BCUT2D eigenvalue weighted by Crippen LogP contribution is -2.53. The Morgan fingerprint density at radius 3 is 2.47 bits per heavy atom. The number of aliphatic carboxylic acids is 1. The normalized spacial score (nSPS) is 25.5.